The van der Waals surface area contributed by atoms with Crippen molar-refractivity contribution in [2.45, 2.75) is 6.92 Å². The lowest BCUT2D eigenvalue weighted by atomic mass is 10.2. The summed E-state index contributed by atoms with van der Waals surface area (Å²) in [5.74, 6) is -0.549. The Bertz CT molecular complexity index is 948. The quantitative estimate of drug-likeness (QED) is 0.655. The molecular formula is C18H14Cl2N2O4. The third-order valence-corrected chi connectivity index (χ3v) is 3.96. The molecule has 3 aromatic rings. The second kappa shape index (κ2) is 7.68. The van der Waals surface area contributed by atoms with Crippen molar-refractivity contribution < 1.29 is 18.4 Å². The van der Waals surface area contributed by atoms with Crippen LogP contribution in [0.25, 0.3) is 0 Å². The van der Waals surface area contributed by atoms with Crippen molar-refractivity contribution in [1.29, 1.82) is 0 Å². The van der Waals surface area contributed by atoms with E-state index in [1.54, 1.807) is 24.3 Å². The van der Waals surface area contributed by atoms with E-state index in [1.807, 2.05) is 6.92 Å². The number of hydrogen-bond donors (Lipinski definition) is 1. The van der Waals surface area contributed by atoms with E-state index < -0.39 is 5.91 Å². The highest BCUT2D eigenvalue weighted by atomic mass is 35.5. The molecule has 0 saturated heterocycles. The summed E-state index contributed by atoms with van der Waals surface area (Å²) in [6, 6.07) is 12.8. The van der Waals surface area contributed by atoms with Crippen LogP contribution < -0.4 is 10.2 Å². The van der Waals surface area contributed by atoms with Gasteiger partial charge in [0, 0.05) is 17.9 Å². The molecule has 1 N–H and O–H groups in total. The maximum Gasteiger partial charge on any atom is 0.294 e. The van der Waals surface area contributed by atoms with Crippen LogP contribution in [0.15, 0.2) is 57.4 Å². The minimum Gasteiger partial charge on any atom is -0.440 e. The van der Waals surface area contributed by atoms with Crippen molar-refractivity contribution >= 4 is 46.4 Å². The summed E-state index contributed by atoms with van der Waals surface area (Å²) >= 11 is 11.4. The Morgan fingerprint density at radius 1 is 1.00 bits per heavy atom. The number of hydrogen-bond acceptors (Lipinski definition) is 4. The van der Waals surface area contributed by atoms with Crippen LogP contribution >= 0.6 is 23.2 Å². The zero-order chi connectivity index (χ0) is 18.7. The molecule has 0 aliphatic heterocycles. The zero-order valence-electron chi connectivity index (χ0n) is 13.7. The summed E-state index contributed by atoms with van der Waals surface area (Å²) < 4.78 is 10.3. The molecule has 3 rings (SSSR count). The summed E-state index contributed by atoms with van der Waals surface area (Å²) in [5, 5.41) is 2.97. The second-order valence-electron chi connectivity index (χ2n) is 5.26. The lowest BCUT2D eigenvalue weighted by Crippen LogP contribution is -2.30. The highest BCUT2D eigenvalue weighted by Gasteiger charge is 2.20. The van der Waals surface area contributed by atoms with Gasteiger partial charge >= 0.3 is 0 Å². The number of anilines is 2. The third kappa shape index (κ3) is 3.92. The average molecular weight is 393 g/mol. The van der Waals surface area contributed by atoms with E-state index >= 15 is 0 Å². The van der Waals surface area contributed by atoms with Crippen LogP contribution in [0, 0.1) is 0 Å². The average Bonchev–Trinajstić information content (AvgIpc) is 3.24. The Labute approximate surface area is 159 Å². The largest absolute Gasteiger partial charge is 0.440 e. The molecule has 0 aliphatic carbocycles. The molecule has 0 aliphatic rings. The highest BCUT2D eigenvalue weighted by molar-refractivity contribution is 6.29. The van der Waals surface area contributed by atoms with Gasteiger partial charge in [0.15, 0.2) is 22.0 Å². The number of carbonyl (C=O) groups is 2. The molecule has 2 amide bonds. The van der Waals surface area contributed by atoms with Crippen LogP contribution in [0.5, 0.6) is 0 Å². The van der Waals surface area contributed by atoms with Crippen molar-refractivity contribution in [3.8, 4) is 0 Å². The molecule has 8 heteroatoms. The molecule has 0 fully saturated rings. The van der Waals surface area contributed by atoms with Gasteiger partial charge in [0.2, 0.25) is 0 Å². The van der Waals surface area contributed by atoms with Crippen molar-refractivity contribution in [3.05, 3.63) is 70.5 Å². The van der Waals surface area contributed by atoms with Crippen molar-refractivity contribution in [3.63, 3.8) is 0 Å². The van der Waals surface area contributed by atoms with Crippen LogP contribution in [0.4, 0.5) is 11.4 Å². The summed E-state index contributed by atoms with van der Waals surface area (Å²) in [6.07, 6.45) is 0. The van der Waals surface area contributed by atoms with Crippen LogP contribution in [0.2, 0.25) is 10.4 Å². The number of rotatable bonds is 5. The molecule has 6 nitrogen and oxygen atoms in total. The summed E-state index contributed by atoms with van der Waals surface area (Å²) in [5.41, 5.74) is 1.10. The van der Waals surface area contributed by atoms with Gasteiger partial charge in [-0.2, -0.15) is 0 Å². The van der Waals surface area contributed by atoms with Gasteiger partial charge in [-0.1, -0.05) is 6.07 Å². The van der Waals surface area contributed by atoms with Gasteiger partial charge in [-0.15, -0.1) is 0 Å². The second-order valence-corrected chi connectivity index (χ2v) is 6.01. The molecule has 0 unspecified atom stereocenters. The number of nitrogens with zero attached hydrogens (tertiary/aromatic N) is 1. The highest BCUT2D eigenvalue weighted by Crippen LogP contribution is 2.24. The predicted molar refractivity (Wildman–Crippen MR) is 99.2 cm³/mol. The van der Waals surface area contributed by atoms with Crippen molar-refractivity contribution in [2.24, 2.45) is 0 Å². The Balaban J connectivity index is 1.80. The summed E-state index contributed by atoms with van der Waals surface area (Å²) in [7, 11) is 0. The van der Waals surface area contributed by atoms with E-state index in [2.05, 4.69) is 5.32 Å². The maximum absolute atomic E-state index is 12.6. The van der Waals surface area contributed by atoms with E-state index in [-0.39, 0.29) is 27.9 Å². The molecule has 1 aromatic carbocycles. The minimum absolute atomic E-state index is 0.0917. The molecular weight excluding hydrogens is 379 g/mol. The fraction of sp³-hybridized carbons (Fsp3) is 0.111. The molecule has 26 heavy (non-hydrogen) atoms. The van der Waals surface area contributed by atoms with Gasteiger partial charge in [0.1, 0.15) is 0 Å². The molecule has 2 heterocycles. The van der Waals surface area contributed by atoms with Gasteiger partial charge in [-0.25, -0.2) is 0 Å². The molecule has 0 bridgehead atoms. The first-order valence-electron chi connectivity index (χ1n) is 7.72. The lowest BCUT2D eigenvalue weighted by Gasteiger charge is -2.20. The summed E-state index contributed by atoms with van der Waals surface area (Å²) in [4.78, 5) is 26.3. The van der Waals surface area contributed by atoms with E-state index in [0.717, 1.165) is 0 Å². The number of nitrogens with one attached hydrogen (secondary N) is 1. The summed E-state index contributed by atoms with van der Waals surface area (Å²) in [6.45, 7) is 2.24. The van der Waals surface area contributed by atoms with E-state index in [0.29, 0.717) is 17.9 Å². The first-order chi connectivity index (χ1) is 12.5. The van der Waals surface area contributed by atoms with Crippen LogP contribution in [-0.2, 0) is 0 Å². The van der Waals surface area contributed by atoms with E-state index in [4.69, 9.17) is 32.0 Å². The van der Waals surface area contributed by atoms with Gasteiger partial charge < -0.3 is 19.1 Å². The molecule has 134 valence electrons. The Morgan fingerprint density at radius 2 is 1.65 bits per heavy atom. The van der Waals surface area contributed by atoms with Crippen molar-refractivity contribution in [1.82, 2.24) is 0 Å². The van der Waals surface area contributed by atoms with Crippen LogP contribution in [-0.4, -0.2) is 18.4 Å². The lowest BCUT2D eigenvalue weighted by molar-refractivity contribution is 0.0960. The van der Waals surface area contributed by atoms with Crippen molar-refractivity contribution in [2.75, 3.05) is 16.8 Å². The molecule has 2 aromatic heterocycles. The molecule has 0 saturated carbocycles. The predicted octanol–water partition coefficient (Wildman–Crippen LogP) is 5.10. The minimum atomic E-state index is -0.443. The molecule has 0 radical (unpaired) electrons. The smallest absolute Gasteiger partial charge is 0.294 e. The van der Waals surface area contributed by atoms with E-state index in [1.165, 1.54) is 29.2 Å². The number of benzene rings is 1. The Hall–Kier alpha value is -2.70. The zero-order valence-corrected chi connectivity index (χ0v) is 15.2. The SMILES string of the molecule is CCN(C(=O)c1ccc(Cl)o1)c1cccc(NC(=O)c2ccc(Cl)o2)c1. The number of amides is 2. The first kappa shape index (κ1) is 18.1. The third-order valence-electron chi connectivity index (χ3n) is 3.56. The Kier molecular flexibility index (Phi) is 5.35. The number of halogens is 2. The van der Waals surface area contributed by atoms with Crippen LogP contribution in [0.3, 0.4) is 0 Å². The molecule has 0 spiro atoms. The topological polar surface area (TPSA) is 75.7 Å². The Morgan fingerprint density at radius 3 is 2.23 bits per heavy atom. The fourth-order valence-corrected chi connectivity index (χ4v) is 2.68. The fourth-order valence-electron chi connectivity index (χ4n) is 2.39. The van der Waals surface area contributed by atoms with Crippen LogP contribution in [0.1, 0.15) is 28.0 Å². The number of furan rings is 2. The number of carbonyl (C=O) groups excluding carboxylic acids is 2. The first-order valence-corrected chi connectivity index (χ1v) is 8.47. The van der Waals surface area contributed by atoms with Gasteiger partial charge in [-0.05, 0) is 72.6 Å². The van der Waals surface area contributed by atoms with E-state index in [9.17, 15) is 9.59 Å². The molecule has 0 atom stereocenters. The normalized spacial score (nSPS) is 10.6. The standard InChI is InChI=1S/C18H14Cl2N2O4/c1-2-22(18(24)14-7-9-16(20)26-14)12-5-3-4-11(10-12)21-17(23)13-6-8-15(19)25-13/h3-10H,2H2,1H3,(H,21,23). The van der Waals surface area contributed by atoms with Gasteiger partial charge in [-0.3, -0.25) is 9.59 Å². The maximum atomic E-state index is 12.6. The van der Waals surface area contributed by atoms with Gasteiger partial charge in [0.25, 0.3) is 11.8 Å². The van der Waals surface area contributed by atoms with Gasteiger partial charge in [0.05, 0.1) is 0 Å². The monoisotopic (exact) mass is 392 g/mol.